The van der Waals surface area contributed by atoms with Crippen molar-refractivity contribution >= 4 is 49.9 Å². The number of methoxy groups -OCH3 is 1. The lowest BCUT2D eigenvalue weighted by molar-refractivity contribution is -0.124. The molecule has 1 amide bonds. The number of nitrogens with zero attached hydrogens (tertiary/aromatic N) is 2. The number of benzene rings is 3. The van der Waals surface area contributed by atoms with Crippen molar-refractivity contribution in [3.8, 4) is 27.6 Å². The van der Waals surface area contributed by atoms with Crippen molar-refractivity contribution in [2.45, 2.75) is 19.4 Å². The highest BCUT2D eigenvalue weighted by molar-refractivity contribution is 7.21. The minimum Gasteiger partial charge on any atom is -0.496 e. The molecule has 2 aromatic heterocycles. The molecule has 3 aromatic carbocycles. The number of para-hydroxylation sites is 2. The Bertz CT molecular complexity index is 1540. The Kier molecular flexibility index (Phi) is 7.25. The van der Waals surface area contributed by atoms with Gasteiger partial charge in [0.1, 0.15) is 10.8 Å². The Morgan fingerprint density at radius 3 is 2.46 bits per heavy atom. The van der Waals surface area contributed by atoms with Crippen LogP contribution < -0.4 is 10.1 Å². The van der Waals surface area contributed by atoms with Gasteiger partial charge in [-0.05, 0) is 36.8 Å². The number of carbonyl (C=O) groups is 2. The smallest absolute Gasteiger partial charge is 0.339 e. The molecule has 7 nitrogen and oxygen atoms in total. The summed E-state index contributed by atoms with van der Waals surface area (Å²) in [5, 5.41) is 5.76. The summed E-state index contributed by atoms with van der Waals surface area (Å²) in [6.07, 6.45) is -0.666. The van der Waals surface area contributed by atoms with Gasteiger partial charge in [0.15, 0.2) is 11.2 Å². The predicted octanol–water partition coefficient (Wildman–Crippen LogP) is 6.67. The van der Waals surface area contributed by atoms with E-state index in [0.29, 0.717) is 34.1 Å². The molecule has 186 valence electrons. The monoisotopic (exact) mass is 529 g/mol. The standard InChI is InChI=1S/C28H23N3O4S2/c1-3-22(25(32)31-28-30-21(16-36-28)19-12-6-8-14-23(19)34-2)35-27(33)18-11-5-4-10-17(18)26-29-20-13-7-9-15-24(20)37-26/h4-16,22H,3H2,1-2H3,(H,30,31,32). The molecule has 37 heavy (non-hydrogen) atoms. The Morgan fingerprint density at radius 2 is 1.68 bits per heavy atom. The average molecular weight is 530 g/mol. The highest BCUT2D eigenvalue weighted by Gasteiger charge is 2.25. The molecule has 0 aliphatic rings. The molecular weight excluding hydrogens is 506 g/mol. The number of nitrogens with one attached hydrogen (secondary N) is 1. The molecule has 5 aromatic rings. The first kappa shape index (κ1) is 24.6. The van der Waals surface area contributed by atoms with E-state index in [1.807, 2.05) is 66.0 Å². The van der Waals surface area contributed by atoms with E-state index in [-0.39, 0.29) is 0 Å². The summed E-state index contributed by atoms with van der Waals surface area (Å²) < 4.78 is 12.1. The maximum absolute atomic E-state index is 13.2. The number of esters is 1. The van der Waals surface area contributed by atoms with Crippen LogP contribution >= 0.6 is 22.7 Å². The van der Waals surface area contributed by atoms with Crippen LogP contribution in [0.1, 0.15) is 23.7 Å². The van der Waals surface area contributed by atoms with Gasteiger partial charge in [-0.25, -0.2) is 14.8 Å². The lowest BCUT2D eigenvalue weighted by Gasteiger charge is -2.16. The average Bonchev–Trinajstić information content (AvgIpc) is 3.58. The summed E-state index contributed by atoms with van der Waals surface area (Å²) in [5.74, 6) is -0.321. The number of rotatable bonds is 8. The number of carbonyl (C=O) groups excluding carboxylic acids is 2. The molecule has 2 heterocycles. The molecule has 0 spiro atoms. The zero-order valence-corrected chi connectivity index (χ0v) is 21.8. The summed E-state index contributed by atoms with van der Waals surface area (Å²) in [6, 6.07) is 22.5. The summed E-state index contributed by atoms with van der Waals surface area (Å²) >= 11 is 2.79. The zero-order chi connectivity index (χ0) is 25.8. The third-order valence-electron chi connectivity index (χ3n) is 5.70. The molecule has 0 fully saturated rings. The molecule has 1 atom stereocenters. The number of thiazole rings is 2. The number of hydrogen-bond donors (Lipinski definition) is 1. The lowest BCUT2D eigenvalue weighted by Crippen LogP contribution is -2.32. The maximum atomic E-state index is 13.2. The third kappa shape index (κ3) is 5.23. The molecular formula is C28H23N3O4S2. The van der Waals surface area contributed by atoms with Gasteiger partial charge in [0, 0.05) is 16.5 Å². The summed E-state index contributed by atoms with van der Waals surface area (Å²) in [7, 11) is 1.60. The molecule has 0 radical (unpaired) electrons. The molecule has 1 N–H and O–H groups in total. The van der Waals surface area contributed by atoms with Crippen LogP contribution in [-0.2, 0) is 9.53 Å². The van der Waals surface area contributed by atoms with Crippen molar-refractivity contribution in [2.24, 2.45) is 0 Å². The van der Waals surface area contributed by atoms with E-state index in [2.05, 4.69) is 15.3 Å². The van der Waals surface area contributed by atoms with E-state index in [1.165, 1.54) is 22.7 Å². The number of hydrogen-bond acceptors (Lipinski definition) is 8. The summed E-state index contributed by atoms with van der Waals surface area (Å²) in [4.78, 5) is 35.4. The fourth-order valence-electron chi connectivity index (χ4n) is 3.85. The topological polar surface area (TPSA) is 90.4 Å². The van der Waals surface area contributed by atoms with Gasteiger partial charge in [-0.2, -0.15) is 0 Å². The highest BCUT2D eigenvalue weighted by atomic mass is 32.1. The van der Waals surface area contributed by atoms with E-state index in [9.17, 15) is 9.59 Å². The van der Waals surface area contributed by atoms with Crippen molar-refractivity contribution in [3.63, 3.8) is 0 Å². The van der Waals surface area contributed by atoms with E-state index >= 15 is 0 Å². The number of fused-ring (bicyclic) bond motifs is 1. The molecule has 0 bridgehead atoms. The van der Waals surface area contributed by atoms with E-state index in [4.69, 9.17) is 9.47 Å². The minimum absolute atomic E-state index is 0.311. The second-order valence-electron chi connectivity index (χ2n) is 8.06. The number of aromatic nitrogens is 2. The lowest BCUT2D eigenvalue weighted by atomic mass is 10.1. The Balaban J connectivity index is 1.32. The number of ether oxygens (including phenoxy) is 2. The molecule has 9 heteroatoms. The van der Waals surface area contributed by atoms with Crippen molar-refractivity contribution < 1.29 is 19.1 Å². The molecule has 0 aliphatic heterocycles. The SMILES string of the molecule is CCC(OC(=O)c1ccccc1-c1nc2ccccc2s1)C(=O)Nc1nc(-c2ccccc2OC)cs1. The van der Waals surface area contributed by atoms with Crippen molar-refractivity contribution in [2.75, 3.05) is 12.4 Å². The van der Waals surface area contributed by atoms with Crippen LogP contribution in [-0.4, -0.2) is 35.1 Å². The third-order valence-corrected chi connectivity index (χ3v) is 7.53. The normalized spacial score (nSPS) is 11.7. The van der Waals surface area contributed by atoms with Crippen LogP contribution in [0, 0.1) is 0 Å². The first-order valence-electron chi connectivity index (χ1n) is 11.6. The van der Waals surface area contributed by atoms with Crippen LogP contribution in [0.4, 0.5) is 5.13 Å². The largest absolute Gasteiger partial charge is 0.496 e. The van der Waals surface area contributed by atoms with Gasteiger partial charge in [-0.3, -0.25) is 10.1 Å². The first-order chi connectivity index (χ1) is 18.1. The summed E-state index contributed by atoms with van der Waals surface area (Å²) in [5.41, 5.74) is 3.41. The van der Waals surface area contributed by atoms with Gasteiger partial charge in [-0.1, -0.05) is 49.4 Å². The van der Waals surface area contributed by atoms with Crippen molar-refractivity contribution in [3.05, 3.63) is 83.7 Å². The van der Waals surface area contributed by atoms with E-state index in [0.717, 1.165) is 20.8 Å². The fourth-order valence-corrected chi connectivity index (χ4v) is 5.57. The summed E-state index contributed by atoms with van der Waals surface area (Å²) in [6.45, 7) is 1.79. The highest BCUT2D eigenvalue weighted by Crippen LogP contribution is 2.33. The van der Waals surface area contributed by atoms with Gasteiger partial charge >= 0.3 is 5.97 Å². The second kappa shape index (κ2) is 10.9. The van der Waals surface area contributed by atoms with Gasteiger partial charge < -0.3 is 9.47 Å². The predicted molar refractivity (Wildman–Crippen MR) is 147 cm³/mol. The molecule has 5 rings (SSSR count). The number of anilines is 1. The number of amides is 1. The van der Waals surface area contributed by atoms with Gasteiger partial charge in [0.25, 0.3) is 5.91 Å². The van der Waals surface area contributed by atoms with Gasteiger partial charge in [-0.15, -0.1) is 22.7 Å². The molecule has 0 aliphatic carbocycles. The van der Waals surface area contributed by atoms with Crippen LogP contribution in [0.25, 0.3) is 32.0 Å². The van der Waals surface area contributed by atoms with Crippen molar-refractivity contribution in [1.82, 2.24) is 9.97 Å². The molecule has 1 unspecified atom stereocenters. The van der Waals surface area contributed by atoms with Crippen LogP contribution in [0.2, 0.25) is 0 Å². The second-order valence-corrected chi connectivity index (χ2v) is 9.95. The van der Waals surface area contributed by atoms with Gasteiger partial charge in [0.05, 0.1) is 28.6 Å². The molecule has 0 saturated carbocycles. The fraction of sp³-hybridized carbons (Fsp3) is 0.143. The zero-order valence-electron chi connectivity index (χ0n) is 20.1. The van der Waals surface area contributed by atoms with Crippen LogP contribution in [0.15, 0.2) is 78.2 Å². The van der Waals surface area contributed by atoms with Crippen molar-refractivity contribution in [1.29, 1.82) is 0 Å². The first-order valence-corrected chi connectivity index (χ1v) is 13.3. The Morgan fingerprint density at radius 1 is 0.946 bits per heavy atom. The van der Waals surface area contributed by atoms with Crippen LogP contribution in [0.3, 0.4) is 0 Å². The van der Waals surface area contributed by atoms with E-state index in [1.54, 1.807) is 26.2 Å². The Labute approximate surface area is 221 Å². The maximum Gasteiger partial charge on any atom is 0.339 e. The van der Waals surface area contributed by atoms with E-state index < -0.39 is 18.0 Å². The minimum atomic E-state index is -0.977. The van der Waals surface area contributed by atoms with Crippen LogP contribution in [0.5, 0.6) is 5.75 Å². The quantitative estimate of drug-likeness (QED) is 0.226. The molecule has 0 saturated heterocycles. The Hall–Kier alpha value is -4.08. The van der Waals surface area contributed by atoms with Gasteiger partial charge in [0.2, 0.25) is 0 Å².